The van der Waals surface area contributed by atoms with Crippen molar-refractivity contribution >= 4 is 69.7 Å². The maximum absolute atomic E-state index is 14.5. The summed E-state index contributed by atoms with van der Waals surface area (Å²) in [6.45, 7) is 15.4. The van der Waals surface area contributed by atoms with Crippen LogP contribution in [0.25, 0.3) is 9.75 Å². The van der Waals surface area contributed by atoms with Crippen LogP contribution in [0.4, 0.5) is 0 Å². The second kappa shape index (κ2) is 17.6. The van der Waals surface area contributed by atoms with Gasteiger partial charge in [-0.25, -0.2) is 0 Å². The summed E-state index contributed by atoms with van der Waals surface area (Å²) in [6.07, 6.45) is 7.04. The molecule has 0 aliphatic heterocycles. The molecule has 0 saturated carbocycles. The third-order valence-corrected chi connectivity index (χ3v) is 32.6. The van der Waals surface area contributed by atoms with Gasteiger partial charge in [0, 0.05) is 0 Å². The summed E-state index contributed by atoms with van der Waals surface area (Å²) in [5, 5.41) is 3.31. The molecule has 0 atom stereocenters. The van der Waals surface area contributed by atoms with Crippen molar-refractivity contribution in [2.45, 2.75) is 100 Å². The Morgan fingerprint density at radius 2 is 1.13 bits per heavy atom. The van der Waals surface area contributed by atoms with E-state index in [1.807, 2.05) is 45.2 Å². The van der Waals surface area contributed by atoms with Gasteiger partial charge in [-0.15, -0.1) is 0 Å². The maximum atomic E-state index is 14.5. The molecule has 0 aromatic carbocycles. The Hall–Kier alpha value is 0.499. The Labute approximate surface area is 249 Å². The van der Waals surface area contributed by atoms with Crippen molar-refractivity contribution < 1.29 is 27.2 Å². The van der Waals surface area contributed by atoms with Crippen LogP contribution in [-0.2, 0) is 27.2 Å². The van der Waals surface area contributed by atoms with Crippen LogP contribution in [0.15, 0.2) is 17.5 Å². The topological polar surface area (TPSA) is 71.1 Å². The Morgan fingerprint density at radius 1 is 0.692 bits per heavy atom. The average molecular weight is 727 g/mol. The molecule has 2 aromatic rings. The Kier molecular flexibility index (Phi) is 16.1. The van der Waals surface area contributed by atoms with E-state index in [9.17, 15) is 9.13 Å². The molecule has 0 saturated heterocycles. The molecule has 0 radical (unpaired) electrons. The first-order valence-corrected chi connectivity index (χ1v) is 27.0. The van der Waals surface area contributed by atoms with E-state index in [1.54, 1.807) is 11.3 Å². The van der Waals surface area contributed by atoms with E-state index >= 15 is 0 Å². The van der Waals surface area contributed by atoms with Gasteiger partial charge in [-0.3, -0.25) is 0 Å². The first kappa shape index (κ1) is 35.7. The summed E-state index contributed by atoms with van der Waals surface area (Å²) < 4.78 is 56.8. The zero-order chi connectivity index (χ0) is 28.9. The van der Waals surface area contributed by atoms with Crippen molar-refractivity contribution in [1.82, 2.24) is 0 Å². The molecule has 0 spiro atoms. The number of hydrogen-bond acceptors (Lipinski definition) is 8. The standard InChI is InChI=1S/C16H23O6P2S2.3C4H9.Sn/c1-5-19-23(17,20-6-2)13-11-15(26-12-13)16-14(9-10-25-16)24(18,21-7-3)22-8-4;3*1-3-4-2;/h9-11H,5-8H2,1-4H3;3*1,3-4H2,2H3;. The van der Waals surface area contributed by atoms with Gasteiger partial charge in [-0.2, -0.15) is 0 Å². The van der Waals surface area contributed by atoms with Crippen molar-refractivity contribution in [3.05, 3.63) is 17.5 Å². The van der Waals surface area contributed by atoms with Crippen LogP contribution in [0, 0.1) is 0 Å². The average Bonchev–Trinajstić information content (AvgIpc) is 3.58. The second-order valence-electron chi connectivity index (χ2n) is 9.72. The van der Waals surface area contributed by atoms with Crippen LogP contribution in [0.2, 0.25) is 13.3 Å². The van der Waals surface area contributed by atoms with Crippen LogP contribution in [-0.4, -0.2) is 44.8 Å². The summed E-state index contributed by atoms with van der Waals surface area (Å²) in [5.74, 6) is 0. The first-order valence-electron chi connectivity index (χ1n) is 14.8. The van der Waals surface area contributed by atoms with Crippen molar-refractivity contribution in [1.29, 1.82) is 0 Å². The van der Waals surface area contributed by atoms with Gasteiger partial charge in [0.1, 0.15) is 0 Å². The van der Waals surface area contributed by atoms with Gasteiger partial charge < -0.3 is 0 Å². The normalized spacial score (nSPS) is 12.9. The second-order valence-corrected chi connectivity index (χ2v) is 29.7. The summed E-state index contributed by atoms with van der Waals surface area (Å²) in [4.78, 5) is 1.84. The molecule has 0 N–H and O–H groups in total. The van der Waals surface area contributed by atoms with Crippen molar-refractivity contribution in [3.8, 4) is 9.75 Å². The number of hydrogen-bond donors (Lipinski definition) is 0. The minimum absolute atomic E-state index is 0.294. The van der Waals surface area contributed by atoms with Crippen LogP contribution in [0.5, 0.6) is 0 Å². The summed E-state index contributed by atoms with van der Waals surface area (Å²) >= 11 is 0.222. The van der Waals surface area contributed by atoms with E-state index in [1.165, 1.54) is 46.8 Å². The van der Waals surface area contributed by atoms with Crippen molar-refractivity contribution in [2.24, 2.45) is 0 Å². The molecule has 0 unspecified atom stereocenters. The van der Waals surface area contributed by atoms with Crippen LogP contribution in [0.3, 0.4) is 0 Å². The molecular weight excluding hydrogens is 677 g/mol. The quantitative estimate of drug-likeness (QED) is 0.0944. The zero-order valence-electron chi connectivity index (χ0n) is 25.1. The molecule has 0 bridgehead atoms. The van der Waals surface area contributed by atoms with Crippen LogP contribution >= 0.6 is 37.9 Å². The van der Waals surface area contributed by atoms with E-state index in [4.69, 9.17) is 18.1 Å². The van der Waals surface area contributed by atoms with Crippen molar-refractivity contribution in [3.63, 3.8) is 0 Å². The van der Waals surface area contributed by atoms with Gasteiger partial charge in [0.25, 0.3) is 0 Å². The van der Waals surface area contributed by atoms with E-state index in [0.717, 1.165) is 34.3 Å². The fraction of sp³-hybridized carbons (Fsp3) is 0.714. The monoisotopic (exact) mass is 728 g/mol. The molecule has 0 fully saturated rings. The molecule has 2 aromatic heterocycles. The van der Waals surface area contributed by atoms with Gasteiger partial charge in [0.15, 0.2) is 0 Å². The van der Waals surface area contributed by atoms with Gasteiger partial charge in [0.2, 0.25) is 0 Å². The fourth-order valence-corrected chi connectivity index (χ4v) is 33.8. The third-order valence-electron chi connectivity index (χ3n) is 6.88. The molecule has 0 aliphatic carbocycles. The molecule has 2 rings (SSSR count). The van der Waals surface area contributed by atoms with Gasteiger partial charge in [0.05, 0.1) is 0 Å². The van der Waals surface area contributed by atoms with Gasteiger partial charge in [-0.1, -0.05) is 0 Å². The molecule has 6 nitrogen and oxygen atoms in total. The number of rotatable bonds is 21. The molecule has 2 heterocycles. The Balaban J connectivity index is 2.89. The molecule has 11 heteroatoms. The predicted octanol–water partition coefficient (Wildman–Crippen LogP) is 9.32. The molecule has 0 aliphatic rings. The number of thiophene rings is 2. The van der Waals surface area contributed by atoms with Gasteiger partial charge in [-0.05, 0) is 0 Å². The summed E-state index contributed by atoms with van der Waals surface area (Å²) in [5.41, 5.74) is 0. The first-order chi connectivity index (χ1) is 18.7. The number of unbranched alkanes of at least 4 members (excludes halogenated alkanes) is 3. The third kappa shape index (κ3) is 9.00. The SMILES string of the molecule is CCC[CH2][Sn]([CH2]CCC)([CH2]CCC)[c]1sc(-c2sccc2P(=O)(OCC)OCC)cc1P(=O)(OCC)OCC. The van der Waals surface area contributed by atoms with Crippen LogP contribution < -0.4 is 13.5 Å². The van der Waals surface area contributed by atoms with Crippen molar-refractivity contribution in [2.75, 3.05) is 26.4 Å². The minimum atomic E-state index is -3.53. The van der Waals surface area contributed by atoms with E-state index < -0.39 is 33.6 Å². The van der Waals surface area contributed by atoms with E-state index in [0.29, 0.717) is 31.7 Å². The zero-order valence-corrected chi connectivity index (χ0v) is 31.4. The summed E-state index contributed by atoms with van der Waals surface area (Å²) in [6, 6.07) is 3.90. The van der Waals surface area contributed by atoms with E-state index in [-0.39, 0.29) is 0 Å². The Morgan fingerprint density at radius 3 is 1.54 bits per heavy atom. The van der Waals surface area contributed by atoms with Gasteiger partial charge >= 0.3 is 251 Å². The molecule has 39 heavy (non-hydrogen) atoms. The Bertz CT molecular complexity index is 1040. The summed E-state index contributed by atoms with van der Waals surface area (Å²) in [7, 11) is -7.02. The van der Waals surface area contributed by atoms with Crippen LogP contribution in [0.1, 0.15) is 87.0 Å². The fourth-order valence-electron chi connectivity index (χ4n) is 5.07. The molecule has 224 valence electrons. The molecule has 0 amide bonds. The predicted molar refractivity (Wildman–Crippen MR) is 173 cm³/mol. The van der Waals surface area contributed by atoms with E-state index in [2.05, 4.69) is 20.8 Å². The molecular formula is C28H50O6P2S2Sn.